The van der Waals surface area contributed by atoms with Crippen molar-refractivity contribution in [2.75, 3.05) is 13.7 Å². The summed E-state index contributed by atoms with van der Waals surface area (Å²) in [6, 6.07) is 9.61. The number of para-hydroxylation sites is 1. The van der Waals surface area contributed by atoms with E-state index in [9.17, 15) is 15.0 Å². The van der Waals surface area contributed by atoms with Crippen LogP contribution in [0.3, 0.4) is 0 Å². The molecule has 2 aromatic carbocycles. The molecule has 2 N–H and O–H groups in total. The van der Waals surface area contributed by atoms with Crippen LogP contribution in [-0.2, 0) is 0 Å². The summed E-state index contributed by atoms with van der Waals surface area (Å²) < 4.78 is 10.6. The lowest BCUT2D eigenvalue weighted by Crippen LogP contribution is -2.19. The maximum Gasteiger partial charge on any atom is 0.199 e. The minimum atomic E-state index is -0.329. The molecule has 0 fully saturated rings. The second kappa shape index (κ2) is 5.44. The fourth-order valence-electron chi connectivity index (χ4n) is 2.32. The van der Waals surface area contributed by atoms with Crippen LogP contribution in [0, 0.1) is 0 Å². The summed E-state index contributed by atoms with van der Waals surface area (Å²) in [7, 11) is 1.47. The van der Waals surface area contributed by atoms with Crippen molar-refractivity contribution in [2.45, 2.75) is 0 Å². The van der Waals surface area contributed by atoms with Crippen molar-refractivity contribution >= 4 is 11.9 Å². The summed E-state index contributed by atoms with van der Waals surface area (Å²) in [5.41, 5.74) is 0.981. The normalized spacial score (nSPS) is 15.3. The van der Waals surface area contributed by atoms with Crippen molar-refractivity contribution in [3.05, 3.63) is 53.1 Å². The topological polar surface area (TPSA) is 76.0 Å². The molecule has 3 rings (SSSR count). The molecule has 0 radical (unpaired) electrons. The molecule has 1 heterocycles. The quantitative estimate of drug-likeness (QED) is 0.834. The van der Waals surface area contributed by atoms with Crippen molar-refractivity contribution in [3.8, 4) is 23.0 Å². The molecule has 0 atom stereocenters. The van der Waals surface area contributed by atoms with Gasteiger partial charge in [0.05, 0.1) is 7.11 Å². The fraction of sp³-hybridized carbons (Fsp3) is 0.118. The van der Waals surface area contributed by atoms with Gasteiger partial charge in [-0.05, 0) is 12.1 Å². The molecule has 22 heavy (non-hydrogen) atoms. The summed E-state index contributed by atoms with van der Waals surface area (Å²) in [6.45, 7) is 0.0623. The van der Waals surface area contributed by atoms with Crippen LogP contribution >= 0.6 is 0 Å². The van der Waals surface area contributed by atoms with E-state index in [0.29, 0.717) is 16.9 Å². The number of benzene rings is 2. The van der Waals surface area contributed by atoms with Gasteiger partial charge in [-0.1, -0.05) is 18.2 Å². The molecule has 0 saturated carbocycles. The lowest BCUT2D eigenvalue weighted by molar-refractivity contribution is 0.0997. The Morgan fingerprint density at radius 2 is 1.95 bits per heavy atom. The molecule has 0 spiro atoms. The third kappa shape index (κ3) is 2.37. The first-order chi connectivity index (χ1) is 10.6. The third-order valence-corrected chi connectivity index (χ3v) is 3.46. The van der Waals surface area contributed by atoms with E-state index in [0.717, 1.165) is 0 Å². The molecule has 2 aromatic rings. The van der Waals surface area contributed by atoms with E-state index in [-0.39, 0.29) is 35.2 Å². The molecule has 0 bridgehead atoms. The zero-order valence-electron chi connectivity index (χ0n) is 11.9. The van der Waals surface area contributed by atoms with Crippen molar-refractivity contribution in [1.82, 2.24) is 0 Å². The van der Waals surface area contributed by atoms with Gasteiger partial charge in [0.25, 0.3) is 0 Å². The molecule has 0 amide bonds. The number of phenolic OH excluding ortho intramolecular Hbond substituents is 2. The van der Waals surface area contributed by atoms with Gasteiger partial charge in [-0.2, -0.15) is 0 Å². The highest BCUT2D eigenvalue weighted by Gasteiger charge is 2.27. The maximum atomic E-state index is 12.5. The number of hydrogen-bond donors (Lipinski definition) is 2. The van der Waals surface area contributed by atoms with Crippen LogP contribution in [0.1, 0.15) is 15.9 Å². The average molecular weight is 298 g/mol. The maximum absolute atomic E-state index is 12.5. The van der Waals surface area contributed by atoms with E-state index in [1.54, 1.807) is 30.3 Å². The van der Waals surface area contributed by atoms with Crippen LogP contribution in [-0.4, -0.2) is 29.7 Å². The Bertz CT molecular complexity index is 777. The van der Waals surface area contributed by atoms with Gasteiger partial charge in [0.1, 0.15) is 35.2 Å². The van der Waals surface area contributed by atoms with Crippen LogP contribution in [0.5, 0.6) is 23.0 Å². The second-order valence-electron chi connectivity index (χ2n) is 4.87. The summed E-state index contributed by atoms with van der Waals surface area (Å²) in [6.07, 6.45) is 1.56. The van der Waals surface area contributed by atoms with Gasteiger partial charge < -0.3 is 19.7 Å². The van der Waals surface area contributed by atoms with Gasteiger partial charge in [0.2, 0.25) is 0 Å². The van der Waals surface area contributed by atoms with Crippen LogP contribution in [0.2, 0.25) is 0 Å². The highest BCUT2D eigenvalue weighted by Crippen LogP contribution is 2.38. The van der Waals surface area contributed by atoms with Gasteiger partial charge in [0.15, 0.2) is 5.78 Å². The summed E-state index contributed by atoms with van der Waals surface area (Å²) in [5.74, 6) is 0.257. The minimum absolute atomic E-state index is 0.0623. The first kappa shape index (κ1) is 14.0. The van der Waals surface area contributed by atoms with Gasteiger partial charge in [-0.3, -0.25) is 4.79 Å². The van der Waals surface area contributed by atoms with E-state index in [4.69, 9.17) is 9.47 Å². The van der Waals surface area contributed by atoms with E-state index in [2.05, 4.69) is 0 Å². The Morgan fingerprint density at radius 1 is 1.18 bits per heavy atom. The number of rotatable bonds is 2. The molecule has 1 aliphatic rings. The van der Waals surface area contributed by atoms with E-state index in [1.165, 1.54) is 19.2 Å². The predicted molar refractivity (Wildman–Crippen MR) is 80.6 cm³/mol. The molecular weight excluding hydrogens is 284 g/mol. The number of methoxy groups -OCH3 is 1. The van der Waals surface area contributed by atoms with Crippen molar-refractivity contribution in [1.29, 1.82) is 0 Å². The monoisotopic (exact) mass is 298 g/mol. The smallest absolute Gasteiger partial charge is 0.199 e. The molecule has 1 aliphatic heterocycles. The molecular formula is C17H14O5. The number of carbonyl (C=O) groups excluding carboxylic acids is 1. The van der Waals surface area contributed by atoms with E-state index in [1.807, 2.05) is 0 Å². The van der Waals surface area contributed by atoms with Gasteiger partial charge in [-0.15, -0.1) is 0 Å². The lowest BCUT2D eigenvalue weighted by Gasteiger charge is -2.20. The number of ketones is 1. The molecule has 112 valence electrons. The largest absolute Gasteiger partial charge is 0.507 e. The standard InChI is InChI=1S/C17H14O5/c1-21-12-7-14(19)16-15(8-12)22-9-11(17(16)20)6-10-4-2-3-5-13(10)18/h2-8,18-19H,9H2,1H3. The third-order valence-electron chi connectivity index (χ3n) is 3.46. The highest BCUT2D eigenvalue weighted by atomic mass is 16.5. The minimum Gasteiger partial charge on any atom is -0.507 e. The Morgan fingerprint density at radius 3 is 2.68 bits per heavy atom. The molecule has 0 aromatic heterocycles. The number of aromatic hydroxyl groups is 2. The first-order valence-corrected chi connectivity index (χ1v) is 6.67. The number of carbonyl (C=O) groups is 1. The van der Waals surface area contributed by atoms with E-state index < -0.39 is 0 Å². The summed E-state index contributed by atoms with van der Waals surface area (Å²) in [5, 5.41) is 19.8. The molecule has 0 unspecified atom stereocenters. The van der Waals surface area contributed by atoms with Crippen LogP contribution < -0.4 is 9.47 Å². The molecule has 5 heteroatoms. The van der Waals surface area contributed by atoms with Crippen LogP contribution in [0.15, 0.2) is 42.0 Å². The first-order valence-electron chi connectivity index (χ1n) is 6.67. The second-order valence-corrected chi connectivity index (χ2v) is 4.87. The molecule has 0 aliphatic carbocycles. The Kier molecular flexibility index (Phi) is 3.47. The zero-order valence-corrected chi connectivity index (χ0v) is 11.9. The number of fused-ring (bicyclic) bond motifs is 1. The van der Waals surface area contributed by atoms with Crippen molar-refractivity contribution in [2.24, 2.45) is 0 Å². The Hall–Kier alpha value is -2.95. The number of Topliss-reactive ketones (excluding diaryl/α,β-unsaturated/α-hetero) is 1. The zero-order chi connectivity index (χ0) is 15.7. The lowest BCUT2D eigenvalue weighted by atomic mass is 9.97. The highest BCUT2D eigenvalue weighted by molar-refractivity contribution is 6.15. The Balaban J connectivity index is 2.03. The predicted octanol–water partition coefficient (Wildman–Crippen LogP) is 2.77. The summed E-state index contributed by atoms with van der Waals surface area (Å²) in [4.78, 5) is 12.5. The number of ether oxygens (including phenoxy) is 2. The average Bonchev–Trinajstić information content (AvgIpc) is 2.51. The number of hydrogen-bond acceptors (Lipinski definition) is 5. The van der Waals surface area contributed by atoms with Crippen molar-refractivity contribution < 1.29 is 24.5 Å². The SMILES string of the molecule is COc1cc(O)c2c(c1)OCC(=Cc1ccccc1O)C2=O. The van der Waals surface area contributed by atoms with Crippen LogP contribution in [0.25, 0.3) is 6.08 Å². The van der Waals surface area contributed by atoms with Crippen molar-refractivity contribution in [3.63, 3.8) is 0 Å². The molecule has 0 saturated heterocycles. The van der Waals surface area contributed by atoms with Gasteiger partial charge in [-0.25, -0.2) is 0 Å². The Labute approximate surface area is 127 Å². The van der Waals surface area contributed by atoms with Crippen LogP contribution in [0.4, 0.5) is 0 Å². The summed E-state index contributed by atoms with van der Waals surface area (Å²) >= 11 is 0. The van der Waals surface area contributed by atoms with Gasteiger partial charge >= 0.3 is 0 Å². The molecule has 5 nitrogen and oxygen atoms in total. The number of phenols is 2. The fourth-order valence-corrected chi connectivity index (χ4v) is 2.32. The van der Waals surface area contributed by atoms with Gasteiger partial charge in [0, 0.05) is 23.3 Å². The van der Waals surface area contributed by atoms with E-state index >= 15 is 0 Å².